The SMILES string of the molecule is CCCCCCCCOc1ccc(C=C2C(=O)NC(=S)NC2=O)cc1OCC. The Morgan fingerprint density at radius 2 is 1.61 bits per heavy atom. The second-order valence-corrected chi connectivity index (χ2v) is 6.96. The lowest BCUT2D eigenvalue weighted by Crippen LogP contribution is -2.51. The molecule has 152 valence electrons. The van der Waals surface area contributed by atoms with Crippen LogP contribution in [0, 0.1) is 0 Å². The van der Waals surface area contributed by atoms with Crippen LogP contribution in [0.1, 0.15) is 57.9 Å². The summed E-state index contributed by atoms with van der Waals surface area (Å²) < 4.78 is 11.5. The van der Waals surface area contributed by atoms with Crippen LogP contribution < -0.4 is 20.1 Å². The van der Waals surface area contributed by atoms with Gasteiger partial charge in [0.25, 0.3) is 11.8 Å². The summed E-state index contributed by atoms with van der Waals surface area (Å²) in [6.45, 7) is 5.23. The van der Waals surface area contributed by atoms with Gasteiger partial charge >= 0.3 is 0 Å². The Hall–Kier alpha value is -2.41. The van der Waals surface area contributed by atoms with Gasteiger partial charge in [-0.05, 0) is 49.3 Å². The number of ether oxygens (including phenoxy) is 2. The Morgan fingerprint density at radius 1 is 0.929 bits per heavy atom. The maximum atomic E-state index is 12.0. The summed E-state index contributed by atoms with van der Waals surface area (Å²) in [6.07, 6.45) is 8.69. The largest absolute Gasteiger partial charge is 0.490 e. The van der Waals surface area contributed by atoms with Crippen molar-refractivity contribution in [2.45, 2.75) is 52.4 Å². The van der Waals surface area contributed by atoms with Crippen LogP contribution in [0.15, 0.2) is 23.8 Å². The van der Waals surface area contributed by atoms with Crippen molar-refractivity contribution in [2.24, 2.45) is 0 Å². The standard InChI is InChI=1S/C21H28N2O4S/c1-3-5-6-7-8-9-12-27-17-11-10-15(14-18(17)26-4-2)13-16-19(24)22-21(28)23-20(16)25/h10-11,13-14H,3-9,12H2,1-2H3,(H2,22,23,24,25,28). The molecule has 0 saturated carbocycles. The van der Waals surface area contributed by atoms with Gasteiger partial charge in [-0.2, -0.15) is 0 Å². The summed E-state index contributed by atoms with van der Waals surface area (Å²) in [6, 6.07) is 5.36. The molecule has 1 fully saturated rings. The van der Waals surface area contributed by atoms with Crippen molar-refractivity contribution in [3.8, 4) is 11.5 Å². The van der Waals surface area contributed by atoms with E-state index in [-0.39, 0.29) is 10.7 Å². The predicted molar refractivity (Wildman–Crippen MR) is 113 cm³/mol. The number of unbranched alkanes of at least 4 members (excludes halogenated alkanes) is 5. The van der Waals surface area contributed by atoms with Crippen molar-refractivity contribution in [2.75, 3.05) is 13.2 Å². The molecule has 0 aromatic heterocycles. The van der Waals surface area contributed by atoms with Gasteiger partial charge in [-0.1, -0.05) is 45.1 Å². The molecule has 2 N–H and O–H groups in total. The first-order chi connectivity index (χ1) is 13.5. The number of carbonyl (C=O) groups excluding carboxylic acids is 2. The fraction of sp³-hybridized carbons (Fsp3) is 0.476. The average Bonchev–Trinajstić information content (AvgIpc) is 2.65. The molecule has 6 nitrogen and oxygen atoms in total. The van der Waals surface area contributed by atoms with Gasteiger partial charge < -0.3 is 9.47 Å². The minimum atomic E-state index is -0.518. The molecule has 0 spiro atoms. The maximum absolute atomic E-state index is 12.0. The number of benzene rings is 1. The van der Waals surface area contributed by atoms with Crippen LogP contribution in [0.3, 0.4) is 0 Å². The smallest absolute Gasteiger partial charge is 0.263 e. The summed E-state index contributed by atoms with van der Waals surface area (Å²) in [7, 11) is 0. The second kappa shape index (κ2) is 11.4. The molecule has 2 amide bonds. The first kappa shape index (κ1) is 21.9. The molecule has 1 heterocycles. The number of hydrogen-bond acceptors (Lipinski definition) is 5. The van der Waals surface area contributed by atoms with Crippen LogP contribution >= 0.6 is 12.2 Å². The van der Waals surface area contributed by atoms with Crippen molar-refractivity contribution in [1.29, 1.82) is 0 Å². The minimum Gasteiger partial charge on any atom is -0.490 e. The monoisotopic (exact) mass is 404 g/mol. The highest BCUT2D eigenvalue weighted by Gasteiger charge is 2.25. The fourth-order valence-electron chi connectivity index (χ4n) is 2.84. The number of thiocarbonyl (C=S) groups is 1. The zero-order valence-electron chi connectivity index (χ0n) is 16.5. The molecule has 1 aliphatic heterocycles. The Kier molecular flexibility index (Phi) is 8.94. The van der Waals surface area contributed by atoms with E-state index in [1.165, 1.54) is 31.8 Å². The number of hydrogen-bond donors (Lipinski definition) is 2. The van der Waals surface area contributed by atoms with Gasteiger partial charge in [-0.15, -0.1) is 0 Å². The molecular formula is C21H28N2O4S. The molecule has 2 rings (SSSR count). The minimum absolute atomic E-state index is 0.00297. The molecular weight excluding hydrogens is 376 g/mol. The normalized spacial score (nSPS) is 13.8. The lowest BCUT2D eigenvalue weighted by atomic mass is 10.1. The maximum Gasteiger partial charge on any atom is 0.263 e. The predicted octanol–water partition coefficient (Wildman–Crippen LogP) is 3.74. The highest BCUT2D eigenvalue weighted by molar-refractivity contribution is 7.80. The van der Waals surface area contributed by atoms with E-state index < -0.39 is 11.8 Å². The molecule has 0 radical (unpaired) electrons. The van der Waals surface area contributed by atoms with E-state index in [1.54, 1.807) is 18.2 Å². The Bertz CT molecular complexity index is 724. The fourth-order valence-corrected chi connectivity index (χ4v) is 3.02. The van der Waals surface area contributed by atoms with Crippen LogP contribution in [0.5, 0.6) is 11.5 Å². The number of amides is 2. The van der Waals surface area contributed by atoms with Gasteiger partial charge in [0.05, 0.1) is 13.2 Å². The van der Waals surface area contributed by atoms with Crippen LogP contribution in [-0.4, -0.2) is 30.1 Å². The molecule has 7 heteroatoms. The summed E-state index contributed by atoms with van der Waals surface area (Å²) in [5, 5.41) is 4.85. The third-order valence-corrected chi connectivity index (χ3v) is 4.48. The zero-order chi connectivity index (χ0) is 20.4. The Balaban J connectivity index is 2.01. The van der Waals surface area contributed by atoms with Crippen LogP contribution in [0.4, 0.5) is 0 Å². The first-order valence-electron chi connectivity index (χ1n) is 9.83. The number of nitrogens with one attached hydrogen (secondary N) is 2. The van der Waals surface area contributed by atoms with Crippen molar-refractivity contribution < 1.29 is 19.1 Å². The highest BCUT2D eigenvalue weighted by atomic mass is 32.1. The molecule has 1 aromatic carbocycles. The molecule has 0 unspecified atom stereocenters. The van der Waals surface area contributed by atoms with Crippen LogP contribution in [0.2, 0.25) is 0 Å². The lowest BCUT2D eigenvalue weighted by Gasteiger charge is -2.17. The molecule has 0 aliphatic carbocycles. The molecule has 28 heavy (non-hydrogen) atoms. The molecule has 1 aliphatic rings. The van der Waals surface area contributed by atoms with E-state index in [0.717, 1.165) is 12.8 Å². The quantitative estimate of drug-likeness (QED) is 0.254. The lowest BCUT2D eigenvalue weighted by molar-refractivity contribution is -0.123. The van der Waals surface area contributed by atoms with Crippen LogP contribution in [0.25, 0.3) is 6.08 Å². The van der Waals surface area contributed by atoms with E-state index in [1.807, 2.05) is 6.92 Å². The second-order valence-electron chi connectivity index (χ2n) is 6.55. The van der Waals surface area contributed by atoms with E-state index in [2.05, 4.69) is 17.6 Å². The summed E-state index contributed by atoms with van der Waals surface area (Å²) in [5.41, 5.74) is 0.667. The van der Waals surface area contributed by atoms with E-state index in [0.29, 0.717) is 30.3 Å². The van der Waals surface area contributed by atoms with Gasteiger partial charge in [0.1, 0.15) is 5.57 Å². The number of rotatable bonds is 11. The van der Waals surface area contributed by atoms with Gasteiger partial charge in [-0.25, -0.2) is 0 Å². The van der Waals surface area contributed by atoms with E-state index >= 15 is 0 Å². The Labute approximate surface area is 171 Å². The molecule has 0 atom stereocenters. The van der Waals surface area contributed by atoms with Crippen molar-refractivity contribution in [3.05, 3.63) is 29.3 Å². The molecule has 0 bridgehead atoms. The summed E-state index contributed by atoms with van der Waals surface area (Å²) >= 11 is 4.80. The zero-order valence-corrected chi connectivity index (χ0v) is 17.3. The van der Waals surface area contributed by atoms with E-state index in [9.17, 15) is 9.59 Å². The van der Waals surface area contributed by atoms with Crippen LogP contribution in [-0.2, 0) is 9.59 Å². The van der Waals surface area contributed by atoms with Gasteiger partial charge in [0, 0.05) is 0 Å². The average molecular weight is 405 g/mol. The third kappa shape index (κ3) is 6.64. The summed E-state index contributed by atoms with van der Waals surface area (Å²) in [5.74, 6) is 0.219. The Morgan fingerprint density at radius 3 is 2.29 bits per heavy atom. The number of carbonyl (C=O) groups is 2. The third-order valence-electron chi connectivity index (χ3n) is 4.28. The highest BCUT2D eigenvalue weighted by Crippen LogP contribution is 2.30. The van der Waals surface area contributed by atoms with Gasteiger partial charge in [-0.3, -0.25) is 20.2 Å². The first-order valence-corrected chi connectivity index (χ1v) is 10.2. The van der Waals surface area contributed by atoms with Gasteiger partial charge in [0.2, 0.25) is 0 Å². The van der Waals surface area contributed by atoms with E-state index in [4.69, 9.17) is 21.7 Å². The van der Waals surface area contributed by atoms with Crippen molar-refractivity contribution >= 4 is 35.2 Å². The van der Waals surface area contributed by atoms with Gasteiger partial charge in [0.15, 0.2) is 16.6 Å². The molecule has 1 saturated heterocycles. The topological polar surface area (TPSA) is 76.7 Å². The van der Waals surface area contributed by atoms with Crippen molar-refractivity contribution in [3.63, 3.8) is 0 Å². The summed E-state index contributed by atoms with van der Waals surface area (Å²) in [4.78, 5) is 24.0. The molecule has 1 aromatic rings. The van der Waals surface area contributed by atoms with Crippen molar-refractivity contribution in [1.82, 2.24) is 10.6 Å².